The van der Waals surface area contributed by atoms with Gasteiger partial charge in [-0.05, 0) is 47.9 Å². The Hall–Kier alpha value is -2.27. The van der Waals surface area contributed by atoms with Gasteiger partial charge in [-0.1, -0.05) is 26.0 Å². The summed E-state index contributed by atoms with van der Waals surface area (Å²) in [6.45, 7) is 4.37. The van der Waals surface area contributed by atoms with E-state index in [9.17, 15) is 0 Å². The molecule has 2 aromatic carbocycles. The molecule has 0 fully saturated rings. The van der Waals surface area contributed by atoms with Crippen LogP contribution in [0.3, 0.4) is 0 Å². The SMILES string of the molecule is CC(C)c1ccc(Nc2ccc(C#N)cc2)cc1. The molecule has 90 valence electrons. The van der Waals surface area contributed by atoms with Crippen LogP contribution in [0.1, 0.15) is 30.9 Å². The Morgan fingerprint density at radius 2 is 1.39 bits per heavy atom. The Labute approximate surface area is 108 Å². The van der Waals surface area contributed by atoms with Crippen molar-refractivity contribution >= 4 is 11.4 Å². The summed E-state index contributed by atoms with van der Waals surface area (Å²) in [6, 6.07) is 18.0. The summed E-state index contributed by atoms with van der Waals surface area (Å²) in [5.41, 5.74) is 4.06. The van der Waals surface area contributed by atoms with Gasteiger partial charge in [-0.2, -0.15) is 5.26 Å². The summed E-state index contributed by atoms with van der Waals surface area (Å²) < 4.78 is 0. The van der Waals surface area contributed by atoms with E-state index in [4.69, 9.17) is 5.26 Å². The number of nitriles is 1. The first kappa shape index (κ1) is 12.2. The average Bonchev–Trinajstić information content (AvgIpc) is 2.40. The maximum Gasteiger partial charge on any atom is 0.0991 e. The van der Waals surface area contributed by atoms with Gasteiger partial charge in [-0.3, -0.25) is 0 Å². The van der Waals surface area contributed by atoms with Gasteiger partial charge in [0.25, 0.3) is 0 Å². The fourth-order valence-electron chi connectivity index (χ4n) is 1.75. The smallest absolute Gasteiger partial charge is 0.0991 e. The highest BCUT2D eigenvalue weighted by molar-refractivity contribution is 5.60. The van der Waals surface area contributed by atoms with Gasteiger partial charge in [0.1, 0.15) is 0 Å². The second kappa shape index (κ2) is 5.37. The van der Waals surface area contributed by atoms with Crippen LogP contribution in [0.4, 0.5) is 11.4 Å². The molecular weight excluding hydrogens is 220 g/mol. The second-order valence-corrected chi connectivity index (χ2v) is 4.59. The van der Waals surface area contributed by atoms with Crippen LogP contribution in [-0.4, -0.2) is 0 Å². The molecule has 0 unspecified atom stereocenters. The molecule has 2 rings (SSSR count). The molecule has 2 aromatic rings. The lowest BCUT2D eigenvalue weighted by Gasteiger charge is -2.09. The van der Waals surface area contributed by atoms with Crippen molar-refractivity contribution in [1.82, 2.24) is 0 Å². The summed E-state index contributed by atoms with van der Waals surface area (Å²) in [4.78, 5) is 0. The molecule has 0 aromatic heterocycles. The first-order chi connectivity index (χ1) is 8.69. The van der Waals surface area contributed by atoms with E-state index in [2.05, 4.69) is 49.5 Å². The lowest BCUT2D eigenvalue weighted by Crippen LogP contribution is -1.92. The zero-order valence-electron chi connectivity index (χ0n) is 10.6. The highest BCUT2D eigenvalue weighted by Gasteiger charge is 1.99. The highest BCUT2D eigenvalue weighted by Crippen LogP contribution is 2.20. The van der Waals surface area contributed by atoms with E-state index in [1.807, 2.05) is 24.3 Å². The van der Waals surface area contributed by atoms with E-state index in [1.54, 1.807) is 0 Å². The van der Waals surface area contributed by atoms with Crippen LogP contribution < -0.4 is 5.32 Å². The van der Waals surface area contributed by atoms with E-state index in [0.717, 1.165) is 11.4 Å². The fraction of sp³-hybridized carbons (Fsp3) is 0.188. The lowest BCUT2D eigenvalue weighted by atomic mass is 10.0. The van der Waals surface area contributed by atoms with Crippen molar-refractivity contribution in [1.29, 1.82) is 5.26 Å². The van der Waals surface area contributed by atoms with Crippen molar-refractivity contribution in [2.24, 2.45) is 0 Å². The zero-order valence-corrected chi connectivity index (χ0v) is 10.6. The number of nitrogens with zero attached hydrogens (tertiary/aromatic N) is 1. The van der Waals surface area contributed by atoms with E-state index in [0.29, 0.717) is 11.5 Å². The fourth-order valence-corrected chi connectivity index (χ4v) is 1.75. The third-order valence-corrected chi connectivity index (χ3v) is 2.88. The van der Waals surface area contributed by atoms with Crippen LogP contribution >= 0.6 is 0 Å². The molecule has 0 saturated carbocycles. The Morgan fingerprint density at radius 1 is 0.889 bits per heavy atom. The van der Waals surface area contributed by atoms with Gasteiger partial charge in [-0.25, -0.2) is 0 Å². The van der Waals surface area contributed by atoms with E-state index >= 15 is 0 Å². The van der Waals surface area contributed by atoms with Crippen molar-refractivity contribution < 1.29 is 0 Å². The summed E-state index contributed by atoms with van der Waals surface area (Å²) in [6.07, 6.45) is 0. The monoisotopic (exact) mass is 236 g/mol. The summed E-state index contributed by atoms with van der Waals surface area (Å²) in [7, 11) is 0. The normalized spacial score (nSPS) is 10.1. The first-order valence-corrected chi connectivity index (χ1v) is 6.06. The molecule has 0 bridgehead atoms. The van der Waals surface area contributed by atoms with Gasteiger partial charge < -0.3 is 5.32 Å². The number of hydrogen-bond acceptors (Lipinski definition) is 2. The van der Waals surface area contributed by atoms with Crippen molar-refractivity contribution in [3.05, 3.63) is 59.7 Å². The van der Waals surface area contributed by atoms with Crippen molar-refractivity contribution in [2.75, 3.05) is 5.32 Å². The minimum absolute atomic E-state index is 0.550. The van der Waals surface area contributed by atoms with Gasteiger partial charge in [-0.15, -0.1) is 0 Å². The molecule has 0 amide bonds. The molecule has 1 N–H and O–H groups in total. The van der Waals surface area contributed by atoms with Gasteiger partial charge in [0.2, 0.25) is 0 Å². The van der Waals surface area contributed by atoms with Crippen molar-refractivity contribution in [3.63, 3.8) is 0 Å². The third-order valence-electron chi connectivity index (χ3n) is 2.88. The van der Waals surface area contributed by atoms with Crippen molar-refractivity contribution in [2.45, 2.75) is 19.8 Å². The van der Waals surface area contributed by atoms with E-state index in [-0.39, 0.29) is 0 Å². The number of rotatable bonds is 3. The Morgan fingerprint density at radius 3 is 1.83 bits per heavy atom. The van der Waals surface area contributed by atoms with Gasteiger partial charge in [0.05, 0.1) is 11.6 Å². The Kier molecular flexibility index (Phi) is 3.64. The lowest BCUT2D eigenvalue weighted by molar-refractivity contribution is 0.867. The second-order valence-electron chi connectivity index (χ2n) is 4.59. The summed E-state index contributed by atoms with van der Waals surface area (Å²) >= 11 is 0. The molecule has 0 atom stereocenters. The van der Waals surface area contributed by atoms with Crippen LogP contribution in [-0.2, 0) is 0 Å². The first-order valence-electron chi connectivity index (χ1n) is 6.06. The molecule has 18 heavy (non-hydrogen) atoms. The standard InChI is InChI=1S/C16H16N2/c1-12(2)14-5-9-16(10-6-14)18-15-7-3-13(11-17)4-8-15/h3-10,12,18H,1-2H3. The minimum atomic E-state index is 0.550. The molecule has 0 spiro atoms. The van der Waals surface area contributed by atoms with Gasteiger partial charge in [0, 0.05) is 11.4 Å². The maximum absolute atomic E-state index is 8.73. The number of benzene rings is 2. The molecular formula is C16H16N2. The minimum Gasteiger partial charge on any atom is -0.356 e. The molecule has 0 radical (unpaired) electrons. The van der Waals surface area contributed by atoms with Gasteiger partial charge >= 0.3 is 0 Å². The van der Waals surface area contributed by atoms with Crippen molar-refractivity contribution in [3.8, 4) is 6.07 Å². The Balaban J connectivity index is 2.11. The number of anilines is 2. The highest BCUT2D eigenvalue weighted by atomic mass is 14.9. The topological polar surface area (TPSA) is 35.8 Å². The zero-order chi connectivity index (χ0) is 13.0. The molecule has 0 aliphatic heterocycles. The molecule has 0 heterocycles. The quantitative estimate of drug-likeness (QED) is 0.856. The average molecular weight is 236 g/mol. The largest absolute Gasteiger partial charge is 0.356 e. The molecule has 0 aliphatic carbocycles. The van der Waals surface area contributed by atoms with Crippen LogP contribution in [0.15, 0.2) is 48.5 Å². The predicted molar refractivity (Wildman–Crippen MR) is 75.0 cm³/mol. The number of nitrogens with one attached hydrogen (secondary N) is 1. The molecule has 0 aliphatic rings. The van der Waals surface area contributed by atoms with Crippen LogP contribution in [0, 0.1) is 11.3 Å². The molecule has 2 nitrogen and oxygen atoms in total. The van der Waals surface area contributed by atoms with Crippen LogP contribution in [0.25, 0.3) is 0 Å². The van der Waals surface area contributed by atoms with Gasteiger partial charge in [0.15, 0.2) is 0 Å². The molecule has 0 saturated heterocycles. The third kappa shape index (κ3) is 2.89. The summed E-state index contributed by atoms with van der Waals surface area (Å²) in [5.74, 6) is 0.550. The number of hydrogen-bond donors (Lipinski definition) is 1. The van der Waals surface area contributed by atoms with Crippen LogP contribution in [0.5, 0.6) is 0 Å². The maximum atomic E-state index is 8.73. The Bertz CT molecular complexity index is 545. The van der Waals surface area contributed by atoms with E-state index in [1.165, 1.54) is 5.56 Å². The summed E-state index contributed by atoms with van der Waals surface area (Å²) in [5, 5.41) is 12.0. The van der Waals surface area contributed by atoms with Crippen LogP contribution in [0.2, 0.25) is 0 Å². The van der Waals surface area contributed by atoms with E-state index < -0.39 is 0 Å². The predicted octanol–water partition coefficient (Wildman–Crippen LogP) is 4.43. The molecule has 2 heteroatoms.